The average molecular weight is 383 g/mol. The summed E-state index contributed by atoms with van der Waals surface area (Å²) in [6, 6.07) is 8.63. The number of aromatic hydroxyl groups is 1. The molecule has 0 unspecified atom stereocenters. The van der Waals surface area contributed by atoms with Crippen molar-refractivity contribution in [1.82, 2.24) is 0 Å². The molecule has 25 heavy (non-hydrogen) atoms. The first-order valence-electron chi connectivity index (χ1n) is 7.87. The standard InChI is InChI=1S/C19H20Cl2O4/c1-11(2)15-5-12(3-4-19(15)24)6-16-17(20)7-14(8-18(16)21)25-10-13(23)9-22/h3-5,7-8,11,22,24H,6,9-10H2,1-2H3. The van der Waals surface area contributed by atoms with Gasteiger partial charge in [-0.1, -0.05) is 49.2 Å². The molecule has 0 aliphatic heterocycles. The summed E-state index contributed by atoms with van der Waals surface area (Å²) in [5, 5.41) is 19.5. The monoisotopic (exact) mass is 382 g/mol. The normalized spacial score (nSPS) is 11.0. The number of carbonyl (C=O) groups excluding carboxylic acids is 1. The fourth-order valence-corrected chi connectivity index (χ4v) is 3.02. The molecule has 2 rings (SSSR count). The Morgan fingerprint density at radius 3 is 2.36 bits per heavy atom. The maximum atomic E-state index is 11.1. The van der Waals surface area contributed by atoms with Crippen LogP contribution in [-0.4, -0.2) is 29.2 Å². The van der Waals surface area contributed by atoms with Gasteiger partial charge < -0.3 is 14.9 Å². The van der Waals surface area contributed by atoms with Gasteiger partial charge in [-0.2, -0.15) is 0 Å². The molecule has 0 saturated heterocycles. The van der Waals surface area contributed by atoms with E-state index in [9.17, 15) is 9.90 Å². The number of hydrogen-bond donors (Lipinski definition) is 2. The second-order valence-corrected chi connectivity index (χ2v) is 6.89. The third kappa shape index (κ3) is 5.11. The summed E-state index contributed by atoms with van der Waals surface area (Å²) in [7, 11) is 0. The molecule has 2 aromatic carbocycles. The molecule has 2 N–H and O–H groups in total. The smallest absolute Gasteiger partial charge is 0.195 e. The molecule has 0 aliphatic carbocycles. The van der Waals surface area contributed by atoms with E-state index in [1.807, 2.05) is 26.0 Å². The number of aliphatic hydroxyl groups is 1. The van der Waals surface area contributed by atoms with E-state index in [4.69, 9.17) is 33.0 Å². The van der Waals surface area contributed by atoms with Crippen molar-refractivity contribution in [1.29, 1.82) is 0 Å². The van der Waals surface area contributed by atoms with Crippen LogP contribution in [0.3, 0.4) is 0 Å². The highest BCUT2D eigenvalue weighted by molar-refractivity contribution is 6.36. The highest BCUT2D eigenvalue weighted by Crippen LogP contribution is 2.33. The third-order valence-corrected chi connectivity index (χ3v) is 4.46. The average Bonchev–Trinajstić information content (AvgIpc) is 2.57. The molecule has 0 radical (unpaired) electrons. The summed E-state index contributed by atoms with van der Waals surface area (Å²) in [5.74, 6) is 0.412. The molecule has 0 atom stereocenters. The quantitative estimate of drug-likeness (QED) is 0.746. The zero-order valence-electron chi connectivity index (χ0n) is 14.1. The van der Waals surface area contributed by atoms with Crippen LogP contribution in [0, 0.1) is 0 Å². The molecule has 4 nitrogen and oxygen atoms in total. The number of carbonyl (C=O) groups is 1. The Morgan fingerprint density at radius 1 is 1.16 bits per heavy atom. The molecular formula is C19H20Cl2O4. The lowest BCUT2D eigenvalue weighted by Gasteiger charge is -2.13. The minimum absolute atomic E-state index is 0.200. The Kier molecular flexibility index (Phi) is 6.71. The zero-order valence-corrected chi connectivity index (χ0v) is 15.6. The van der Waals surface area contributed by atoms with Crippen LogP contribution < -0.4 is 4.74 Å². The summed E-state index contributed by atoms with van der Waals surface area (Å²) in [6.45, 7) is 3.22. The van der Waals surface area contributed by atoms with E-state index < -0.39 is 12.4 Å². The van der Waals surface area contributed by atoms with Gasteiger partial charge in [-0.3, -0.25) is 4.79 Å². The van der Waals surface area contributed by atoms with Crippen molar-refractivity contribution in [3.8, 4) is 11.5 Å². The van der Waals surface area contributed by atoms with Crippen LogP contribution in [0.4, 0.5) is 0 Å². The molecule has 0 aliphatic rings. The van der Waals surface area contributed by atoms with Gasteiger partial charge in [-0.25, -0.2) is 0 Å². The summed E-state index contributed by atoms with van der Waals surface area (Å²) in [5.41, 5.74) is 2.59. The molecule has 0 bridgehead atoms. The lowest BCUT2D eigenvalue weighted by molar-refractivity contribution is -0.123. The number of phenols is 1. The van der Waals surface area contributed by atoms with Crippen molar-refractivity contribution in [3.63, 3.8) is 0 Å². The molecule has 6 heteroatoms. The number of Topliss-reactive ketones (excluding diaryl/α,β-unsaturated/α-hetero) is 1. The van der Waals surface area contributed by atoms with E-state index in [1.54, 1.807) is 18.2 Å². The first-order valence-corrected chi connectivity index (χ1v) is 8.62. The van der Waals surface area contributed by atoms with Crippen molar-refractivity contribution in [2.24, 2.45) is 0 Å². The minimum atomic E-state index is -0.571. The number of ether oxygens (including phenoxy) is 1. The summed E-state index contributed by atoms with van der Waals surface area (Å²) >= 11 is 12.6. The molecule has 134 valence electrons. The predicted octanol–water partition coefficient (Wildman–Crippen LogP) is 4.35. The predicted molar refractivity (Wildman–Crippen MR) is 99.1 cm³/mol. The van der Waals surface area contributed by atoms with E-state index in [-0.39, 0.29) is 18.3 Å². The number of rotatable bonds is 7. The molecule has 0 spiro atoms. The van der Waals surface area contributed by atoms with Crippen molar-refractivity contribution < 1.29 is 19.7 Å². The minimum Gasteiger partial charge on any atom is -0.508 e. The third-order valence-electron chi connectivity index (χ3n) is 3.79. The van der Waals surface area contributed by atoms with Gasteiger partial charge in [0.05, 0.1) is 0 Å². The van der Waals surface area contributed by atoms with Gasteiger partial charge in [0.2, 0.25) is 0 Å². The van der Waals surface area contributed by atoms with E-state index in [2.05, 4.69) is 0 Å². The first-order chi connectivity index (χ1) is 11.8. The highest BCUT2D eigenvalue weighted by Gasteiger charge is 2.13. The molecule has 0 fully saturated rings. The number of ketones is 1. The van der Waals surface area contributed by atoms with E-state index >= 15 is 0 Å². The van der Waals surface area contributed by atoms with Gasteiger partial charge in [0.25, 0.3) is 0 Å². The zero-order chi connectivity index (χ0) is 18.6. The number of halogens is 2. The van der Waals surface area contributed by atoms with E-state index in [1.165, 1.54) is 0 Å². The fraction of sp³-hybridized carbons (Fsp3) is 0.316. The van der Waals surface area contributed by atoms with E-state index in [0.29, 0.717) is 22.2 Å². The summed E-state index contributed by atoms with van der Waals surface area (Å²) in [6.07, 6.45) is 0.507. The van der Waals surface area contributed by atoms with Gasteiger partial charge >= 0.3 is 0 Å². The topological polar surface area (TPSA) is 66.8 Å². The molecule has 0 heterocycles. The van der Waals surface area contributed by atoms with Crippen LogP contribution in [0.2, 0.25) is 10.0 Å². The van der Waals surface area contributed by atoms with Crippen LogP contribution in [0.15, 0.2) is 30.3 Å². The van der Waals surface area contributed by atoms with Gasteiger partial charge in [-0.15, -0.1) is 0 Å². The maximum Gasteiger partial charge on any atom is 0.195 e. The van der Waals surface area contributed by atoms with Crippen LogP contribution in [-0.2, 0) is 11.2 Å². The molecule has 0 aromatic heterocycles. The fourth-order valence-electron chi connectivity index (χ4n) is 2.42. The van der Waals surface area contributed by atoms with Crippen molar-refractivity contribution >= 4 is 29.0 Å². The van der Waals surface area contributed by atoms with Gasteiger partial charge in [0.15, 0.2) is 5.78 Å². The SMILES string of the molecule is CC(C)c1cc(Cc2c(Cl)cc(OCC(=O)CO)cc2Cl)ccc1O. The largest absolute Gasteiger partial charge is 0.508 e. The maximum absolute atomic E-state index is 11.1. The highest BCUT2D eigenvalue weighted by atomic mass is 35.5. The second-order valence-electron chi connectivity index (χ2n) is 6.08. The Labute approximate surface area is 157 Å². The van der Waals surface area contributed by atoms with Gasteiger partial charge in [0, 0.05) is 16.5 Å². The lowest BCUT2D eigenvalue weighted by atomic mass is 9.96. The Balaban J connectivity index is 2.23. The van der Waals surface area contributed by atoms with Crippen LogP contribution in [0.5, 0.6) is 11.5 Å². The molecular weight excluding hydrogens is 363 g/mol. The summed E-state index contributed by atoms with van der Waals surface area (Å²) in [4.78, 5) is 11.1. The molecule has 0 amide bonds. The second kappa shape index (κ2) is 8.56. The van der Waals surface area contributed by atoms with Gasteiger partial charge in [-0.05, 0) is 40.8 Å². The number of aliphatic hydroxyl groups excluding tert-OH is 1. The first kappa shape index (κ1) is 19.6. The molecule has 0 saturated carbocycles. The number of benzene rings is 2. The Bertz CT molecular complexity index is 749. The Morgan fingerprint density at radius 2 is 1.80 bits per heavy atom. The van der Waals surface area contributed by atoms with Crippen molar-refractivity contribution in [2.45, 2.75) is 26.2 Å². The van der Waals surface area contributed by atoms with Crippen LogP contribution >= 0.6 is 23.2 Å². The lowest BCUT2D eigenvalue weighted by Crippen LogP contribution is -2.14. The summed E-state index contributed by atoms with van der Waals surface area (Å²) < 4.78 is 5.28. The molecule has 2 aromatic rings. The van der Waals surface area contributed by atoms with Gasteiger partial charge in [0.1, 0.15) is 24.7 Å². The van der Waals surface area contributed by atoms with E-state index in [0.717, 1.165) is 16.7 Å². The van der Waals surface area contributed by atoms with Crippen molar-refractivity contribution in [3.05, 3.63) is 57.1 Å². The Hall–Kier alpha value is -1.75. The van der Waals surface area contributed by atoms with Crippen LogP contribution in [0.1, 0.15) is 36.5 Å². The number of hydrogen-bond acceptors (Lipinski definition) is 4. The van der Waals surface area contributed by atoms with Crippen molar-refractivity contribution in [2.75, 3.05) is 13.2 Å². The van der Waals surface area contributed by atoms with Crippen LogP contribution in [0.25, 0.3) is 0 Å². The number of phenolic OH excluding ortho intramolecular Hbond substituents is 1.